The highest BCUT2D eigenvalue weighted by molar-refractivity contribution is 7.89. The number of ether oxygens (including phenoxy) is 3. The Hall–Kier alpha value is -1.67. The van der Waals surface area contributed by atoms with Gasteiger partial charge in [-0.1, -0.05) is 23.2 Å². The highest BCUT2D eigenvalue weighted by atomic mass is 35.5. The normalized spacial score (nSPS) is 12.5. The zero-order chi connectivity index (χ0) is 19.5. The number of halogens is 2. The molecular weight excluding hydrogens is 401 g/mol. The van der Waals surface area contributed by atoms with Crippen LogP contribution in [0, 0.1) is 0 Å². The van der Waals surface area contributed by atoms with E-state index in [1.165, 1.54) is 33.5 Å². The summed E-state index contributed by atoms with van der Waals surface area (Å²) in [5, 5.41) is -0.0769. The quantitative estimate of drug-likeness (QED) is 0.732. The van der Waals surface area contributed by atoms with Crippen molar-refractivity contribution in [2.24, 2.45) is 0 Å². The van der Waals surface area contributed by atoms with Gasteiger partial charge in [0.25, 0.3) is 0 Å². The van der Waals surface area contributed by atoms with Gasteiger partial charge in [0.05, 0.1) is 26.4 Å². The van der Waals surface area contributed by atoms with Gasteiger partial charge >= 0.3 is 0 Å². The van der Waals surface area contributed by atoms with Gasteiger partial charge in [0.1, 0.15) is 27.2 Å². The minimum Gasteiger partial charge on any atom is -0.497 e. The monoisotopic (exact) mass is 419 g/mol. The summed E-state index contributed by atoms with van der Waals surface area (Å²) in [6, 6.07) is 7.31. The standard InChI is InChI=1S/C17H19Cl2NO5S/c1-10(12-9-11(23-2)5-6-13(12)24-3)20-26(21,22)15-8-7-14(25-4)16(18)17(15)19/h5-10,20H,1-4H3/t10-/m0/s1. The van der Waals surface area contributed by atoms with Crippen molar-refractivity contribution >= 4 is 33.2 Å². The summed E-state index contributed by atoms with van der Waals surface area (Å²) in [5.41, 5.74) is 0.617. The zero-order valence-corrected chi connectivity index (χ0v) is 17.0. The van der Waals surface area contributed by atoms with Gasteiger partial charge in [-0.05, 0) is 37.3 Å². The molecule has 0 fully saturated rings. The molecule has 0 saturated heterocycles. The molecule has 26 heavy (non-hydrogen) atoms. The molecule has 9 heteroatoms. The Kier molecular flexibility index (Phi) is 6.63. The predicted molar refractivity (Wildman–Crippen MR) is 101 cm³/mol. The van der Waals surface area contributed by atoms with E-state index in [-0.39, 0.29) is 20.7 Å². The Balaban J connectivity index is 2.40. The zero-order valence-electron chi connectivity index (χ0n) is 14.7. The molecule has 0 amide bonds. The lowest BCUT2D eigenvalue weighted by molar-refractivity contribution is 0.395. The van der Waals surface area contributed by atoms with E-state index in [9.17, 15) is 8.42 Å². The summed E-state index contributed by atoms with van der Waals surface area (Å²) in [5.74, 6) is 1.40. The first-order chi connectivity index (χ1) is 12.2. The van der Waals surface area contributed by atoms with Gasteiger partial charge < -0.3 is 14.2 Å². The van der Waals surface area contributed by atoms with Crippen molar-refractivity contribution in [2.45, 2.75) is 17.9 Å². The third kappa shape index (κ3) is 4.17. The van der Waals surface area contributed by atoms with Crippen molar-refractivity contribution in [1.29, 1.82) is 0 Å². The molecule has 0 aliphatic carbocycles. The van der Waals surface area contributed by atoms with Crippen LogP contribution in [0.25, 0.3) is 0 Å². The van der Waals surface area contributed by atoms with E-state index < -0.39 is 16.1 Å². The van der Waals surface area contributed by atoms with Crippen LogP contribution in [0.2, 0.25) is 10.0 Å². The molecule has 142 valence electrons. The number of methoxy groups -OCH3 is 3. The highest BCUT2D eigenvalue weighted by Gasteiger charge is 2.25. The Labute approximate surface area is 163 Å². The number of benzene rings is 2. The molecule has 0 saturated carbocycles. The minimum absolute atomic E-state index is 0.0312. The number of nitrogens with one attached hydrogen (secondary N) is 1. The van der Waals surface area contributed by atoms with Crippen LogP contribution in [-0.2, 0) is 10.0 Å². The molecule has 1 atom stereocenters. The first kappa shape index (κ1) is 20.6. The van der Waals surface area contributed by atoms with Gasteiger partial charge in [0.2, 0.25) is 10.0 Å². The Morgan fingerprint density at radius 1 is 0.923 bits per heavy atom. The van der Waals surface area contributed by atoms with E-state index >= 15 is 0 Å². The second kappa shape index (κ2) is 8.35. The first-order valence-corrected chi connectivity index (χ1v) is 9.75. The Morgan fingerprint density at radius 3 is 2.12 bits per heavy atom. The molecule has 0 spiro atoms. The van der Waals surface area contributed by atoms with Gasteiger partial charge in [-0.3, -0.25) is 0 Å². The van der Waals surface area contributed by atoms with Crippen molar-refractivity contribution in [1.82, 2.24) is 4.72 Å². The topological polar surface area (TPSA) is 73.9 Å². The number of hydrogen-bond donors (Lipinski definition) is 1. The maximum atomic E-state index is 12.8. The van der Waals surface area contributed by atoms with Gasteiger partial charge in [0.15, 0.2) is 0 Å². The summed E-state index contributed by atoms with van der Waals surface area (Å²) < 4.78 is 43.7. The van der Waals surface area contributed by atoms with Crippen molar-refractivity contribution in [2.75, 3.05) is 21.3 Å². The average Bonchev–Trinajstić information content (AvgIpc) is 2.62. The molecule has 2 aromatic rings. The van der Waals surface area contributed by atoms with E-state index in [2.05, 4.69) is 4.72 Å². The summed E-state index contributed by atoms with van der Waals surface area (Å²) in [6.45, 7) is 1.69. The van der Waals surface area contributed by atoms with E-state index in [1.54, 1.807) is 25.1 Å². The van der Waals surface area contributed by atoms with Crippen LogP contribution in [0.15, 0.2) is 35.2 Å². The Bertz CT molecular complexity index is 902. The van der Waals surface area contributed by atoms with Crippen molar-refractivity contribution in [3.05, 3.63) is 45.9 Å². The van der Waals surface area contributed by atoms with E-state index in [1.807, 2.05) is 0 Å². The molecule has 0 aliphatic heterocycles. The second-order valence-corrected chi connectivity index (χ2v) is 7.78. The molecule has 6 nitrogen and oxygen atoms in total. The van der Waals surface area contributed by atoms with Crippen LogP contribution >= 0.6 is 23.2 Å². The van der Waals surface area contributed by atoms with E-state index in [4.69, 9.17) is 37.4 Å². The highest BCUT2D eigenvalue weighted by Crippen LogP contribution is 2.37. The molecular formula is C17H19Cl2NO5S. The van der Waals surface area contributed by atoms with Gasteiger partial charge in [-0.15, -0.1) is 0 Å². The molecule has 0 bridgehead atoms. The molecule has 0 radical (unpaired) electrons. The number of sulfonamides is 1. The molecule has 1 N–H and O–H groups in total. The van der Waals surface area contributed by atoms with Crippen LogP contribution in [0.4, 0.5) is 0 Å². The van der Waals surface area contributed by atoms with Crippen LogP contribution in [0.5, 0.6) is 17.2 Å². The summed E-state index contributed by atoms with van der Waals surface area (Å²) in [7, 11) is 0.503. The average molecular weight is 420 g/mol. The first-order valence-electron chi connectivity index (χ1n) is 7.51. The largest absolute Gasteiger partial charge is 0.497 e. The van der Waals surface area contributed by atoms with Gasteiger partial charge in [-0.2, -0.15) is 0 Å². The van der Waals surface area contributed by atoms with Crippen LogP contribution in [0.3, 0.4) is 0 Å². The fraction of sp³-hybridized carbons (Fsp3) is 0.294. The summed E-state index contributed by atoms with van der Waals surface area (Å²) >= 11 is 12.2. The molecule has 2 rings (SSSR count). The third-order valence-electron chi connectivity index (χ3n) is 3.76. The van der Waals surface area contributed by atoms with E-state index in [0.717, 1.165) is 0 Å². The lowest BCUT2D eigenvalue weighted by atomic mass is 10.1. The molecule has 0 aliphatic rings. The van der Waals surface area contributed by atoms with Gasteiger partial charge in [-0.25, -0.2) is 13.1 Å². The third-order valence-corrected chi connectivity index (χ3v) is 6.32. The van der Waals surface area contributed by atoms with Gasteiger partial charge in [0, 0.05) is 11.6 Å². The van der Waals surface area contributed by atoms with E-state index in [0.29, 0.717) is 17.1 Å². The fourth-order valence-electron chi connectivity index (χ4n) is 2.42. The molecule has 0 unspecified atom stereocenters. The lowest BCUT2D eigenvalue weighted by Crippen LogP contribution is -2.27. The smallest absolute Gasteiger partial charge is 0.242 e. The second-order valence-electron chi connectivity index (χ2n) is 5.34. The van der Waals surface area contributed by atoms with Crippen LogP contribution in [0.1, 0.15) is 18.5 Å². The molecule has 0 heterocycles. The number of hydrogen-bond acceptors (Lipinski definition) is 5. The molecule has 2 aromatic carbocycles. The van der Waals surface area contributed by atoms with Crippen molar-refractivity contribution in [3.63, 3.8) is 0 Å². The van der Waals surface area contributed by atoms with Crippen molar-refractivity contribution < 1.29 is 22.6 Å². The molecule has 0 aromatic heterocycles. The maximum Gasteiger partial charge on any atom is 0.242 e. The van der Waals surface area contributed by atoms with Crippen molar-refractivity contribution in [3.8, 4) is 17.2 Å². The summed E-state index contributed by atoms with van der Waals surface area (Å²) in [6.07, 6.45) is 0. The lowest BCUT2D eigenvalue weighted by Gasteiger charge is -2.19. The van der Waals surface area contributed by atoms with Crippen LogP contribution < -0.4 is 18.9 Å². The predicted octanol–water partition coefficient (Wildman–Crippen LogP) is 4.06. The SMILES string of the molecule is COc1ccc(OC)c([C@H](C)NS(=O)(=O)c2ccc(OC)c(Cl)c2Cl)c1. The Morgan fingerprint density at radius 2 is 1.54 bits per heavy atom. The maximum absolute atomic E-state index is 12.8. The number of rotatable bonds is 7. The minimum atomic E-state index is -3.95. The fourth-order valence-corrected chi connectivity index (χ4v) is 4.48. The van der Waals surface area contributed by atoms with Crippen LogP contribution in [-0.4, -0.2) is 29.7 Å². The summed E-state index contributed by atoms with van der Waals surface area (Å²) in [4.78, 5) is -0.140.